The number of hydrogen-bond donors (Lipinski definition) is 2. The third kappa shape index (κ3) is 2.53. The number of pyridine rings is 1. The number of carbonyl (C=O) groups excluding carboxylic acids is 1. The fourth-order valence-corrected chi connectivity index (χ4v) is 2.38. The molecule has 0 unspecified atom stereocenters. The van der Waals surface area contributed by atoms with Gasteiger partial charge in [-0.3, -0.25) is 9.78 Å². The summed E-state index contributed by atoms with van der Waals surface area (Å²) in [4.78, 5) is 16.7. The molecule has 4 nitrogen and oxygen atoms in total. The lowest BCUT2D eigenvalue weighted by Gasteiger charge is -2.11. The van der Waals surface area contributed by atoms with Crippen LogP contribution in [0.15, 0.2) is 54.7 Å². The third-order valence-corrected chi connectivity index (χ3v) is 3.49. The fourth-order valence-electron chi connectivity index (χ4n) is 2.15. The molecule has 104 valence electrons. The maximum atomic E-state index is 12.5. The fraction of sp³-hybridized carbons (Fsp3) is 0. The van der Waals surface area contributed by atoms with Crippen molar-refractivity contribution in [2.24, 2.45) is 0 Å². The normalized spacial score (nSPS) is 10.5. The molecule has 0 radical (unpaired) electrons. The van der Waals surface area contributed by atoms with E-state index in [1.54, 1.807) is 30.5 Å². The zero-order valence-corrected chi connectivity index (χ0v) is 11.8. The van der Waals surface area contributed by atoms with Crippen molar-refractivity contribution < 1.29 is 4.79 Å². The molecular formula is C16H12ClN3O. The van der Waals surface area contributed by atoms with Gasteiger partial charge in [-0.2, -0.15) is 0 Å². The van der Waals surface area contributed by atoms with Gasteiger partial charge in [0.15, 0.2) is 0 Å². The predicted molar refractivity (Wildman–Crippen MR) is 85.6 cm³/mol. The zero-order valence-electron chi connectivity index (χ0n) is 11.0. The van der Waals surface area contributed by atoms with Crippen molar-refractivity contribution in [2.45, 2.75) is 0 Å². The van der Waals surface area contributed by atoms with Gasteiger partial charge in [-0.1, -0.05) is 35.9 Å². The Labute approximate surface area is 126 Å². The lowest BCUT2D eigenvalue weighted by atomic mass is 10.1. The van der Waals surface area contributed by atoms with Gasteiger partial charge in [0, 0.05) is 11.6 Å². The highest BCUT2D eigenvalue weighted by Gasteiger charge is 2.13. The Morgan fingerprint density at radius 2 is 1.90 bits per heavy atom. The molecule has 2 aromatic carbocycles. The largest absolute Gasteiger partial charge is 0.397 e. The van der Waals surface area contributed by atoms with Crippen molar-refractivity contribution in [1.82, 2.24) is 4.98 Å². The van der Waals surface area contributed by atoms with Crippen LogP contribution in [0.1, 0.15) is 10.4 Å². The number of aromatic nitrogens is 1. The van der Waals surface area contributed by atoms with Gasteiger partial charge in [-0.05, 0) is 24.3 Å². The van der Waals surface area contributed by atoms with E-state index in [4.69, 9.17) is 17.3 Å². The number of nitrogens with one attached hydrogen (secondary N) is 1. The maximum absolute atomic E-state index is 12.5. The van der Waals surface area contributed by atoms with Crippen molar-refractivity contribution in [3.63, 3.8) is 0 Å². The number of benzene rings is 2. The second kappa shape index (κ2) is 5.42. The van der Waals surface area contributed by atoms with Crippen LogP contribution in [0.25, 0.3) is 10.9 Å². The Hall–Kier alpha value is -2.59. The average molecular weight is 298 g/mol. The van der Waals surface area contributed by atoms with E-state index < -0.39 is 0 Å². The number of amides is 1. The topological polar surface area (TPSA) is 68.0 Å². The first-order valence-electron chi connectivity index (χ1n) is 6.36. The first-order chi connectivity index (χ1) is 10.2. The SMILES string of the molecule is Nc1cccc(Cl)c1NC(=O)c1ccnc2ccccc12. The number of para-hydroxylation sites is 2. The highest BCUT2D eigenvalue weighted by molar-refractivity contribution is 6.34. The van der Waals surface area contributed by atoms with Crippen LogP contribution in [0.4, 0.5) is 11.4 Å². The number of rotatable bonds is 2. The highest BCUT2D eigenvalue weighted by Crippen LogP contribution is 2.28. The van der Waals surface area contributed by atoms with Crippen LogP contribution in [0.5, 0.6) is 0 Å². The predicted octanol–water partition coefficient (Wildman–Crippen LogP) is 3.72. The Balaban J connectivity index is 2.02. The first-order valence-corrected chi connectivity index (χ1v) is 6.73. The van der Waals surface area contributed by atoms with Crippen LogP contribution in [0.3, 0.4) is 0 Å². The van der Waals surface area contributed by atoms with Crippen LogP contribution < -0.4 is 11.1 Å². The third-order valence-electron chi connectivity index (χ3n) is 3.18. The highest BCUT2D eigenvalue weighted by atomic mass is 35.5. The minimum atomic E-state index is -0.270. The quantitative estimate of drug-likeness (QED) is 0.708. The summed E-state index contributed by atoms with van der Waals surface area (Å²) >= 11 is 6.07. The number of nitrogens with zero attached hydrogens (tertiary/aromatic N) is 1. The van der Waals surface area contributed by atoms with Crippen LogP contribution >= 0.6 is 11.6 Å². The number of nitrogen functional groups attached to an aromatic ring is 1. The number of carbonyl (C=O) groups is 1. The summed E-state index contributed by atoms with van der Waals surface area (Å²) in [7, 11) is 0. The molecule has 21 heavy (non-hydrogen) atoms. The molecule has 0 aliphatic rings. The van der Waals surface area contributed by atoms with Gasteiger partial charge < -0.3 is 11.1 Å². The number of hydrogen-bond acceptors (Lipinski definition) is 3. The van der Waals surface area contributed by atoms with Crippen molar-refractivity contribution in [3.8, 4) is 0 Å². The number of fused-ring (bicyclic) bond motifs is 1. The molecular weight excluding hydrogens is 286 g/mol. The minimum absolute atomic E-state index is 0.270. The molecule has 1 heterocycles. The molecule has 0 saturated carbocycles. The Morgan fingerprint density at radius 1 is 1.10 bits per heavy atom. The Morgan fingerprint density at radius 3 is 2.71 bits per heavy atom. The minimum Gasteiger partial charge on any atom is -0.397 e. The zero-order chi connectivity index (χ0) is 14.8. The van der Waals surface area contributed by atoms with Crippen LogP contribution in [-0.2, 0) is 0 Å². The van der Waals surface area contributed by atoms with Crippen LogP contribution in [-0.4, -0.2) is 10.9 Å². The molecule has 0 saturated heterocycles. The molecule has 0 spiro atoms. The van der Waals surface area contributed by atoms with Gasteiger partial charge >= 0.3 is 0 Å². The van der Waals surface area contributed by atoms with Gasteiger partial charge in [-0.25, -0.2) is 0 Å². The number of nitrogens with two attached hydrogens (primary N) is 1. The molecule has 5 heteroatoms. The summed E-state index contributed by atoms with van der Waals surface area (Å²) in [6.45, 7) is 0. The van der Waals surface area contributed by atoms with Crippen LogP contribution in [0, 0.1) is 0 Å². The summed E-state index contributed by atoms with van der Waals surface area (Å²) < 4.78 is 0. The van der Waals surface area contributed by atoms with Crippen molar-refractivity contribution in [2.75, 3.05) is 11.1 Å². The summed E-state index contributed by atoms with van der Waals surface area (Å²) in [5.41, 5.74) is 7.98. The molecule has 0 bridgehead atoms. The monoisotopic (exact) mass is 297 g/mol. The maximum Gasteiger partial charge on any atom is 0.256 e. The molecule has 3 N–H and O–H groups in total. The van der Waals surface area contributed by atoms with Crippen molar-refractivity contribution in [3.05, 3.63) is 65.3 Å². The molecule has 3 aromatic rings. The first kappa shape index (κ1) is 13.4. The number of anilines is 2. The van der Waals surface area contributed by atoms with Gasteiger partial charge in [0.1, 0.15) is 0 Å². The smallest absolute Gasteiger partial charge is 0.256 e. The molecule has 1 aromatic heterocycles. The van der Waals surface area contributed by atoms with Gasteiger partial charge in [0.25, 0.3) is 5.91 Å². The van der Waals surface area contributed by atoms with Crippen molar-refractivity contribution >= 4 is 39.8 Å². The molecule has 0 atom stereocenters. The standard InChI is InChI=1S/C16H12ClN3O/c17-12-5-3-6-13(18)15(12)20-16(21)11-8-9-19-14-7-2-1-4-10(11)14/h1-9H,18H2,(H,20,21). The molecule has 1 amide bonds. The van der Waals surface area contributed by atoms with E-state index >= 15 is 0 Å². The Bertz CT molecular complexity index is 807. The summed E-state index contributed by atoms with van der Waals surface area (Å²) in [5, 5.41) is 3.95. The second-order valence-electron chi connectivity index (χ2n) is 4.53. The lowest BCUT2D eigenvalue weighted by molar-refractivity contribution is 0.102. The van der Waals surface area contributed by atoms with Crippen molar-refractivity contribution in [1.29, 1.82) is 0 Å². The average Bonchev–Trinajstić information content (AvgIpc) is 2.50. The van der Waals surface area contributed by atoms with E-state index in [0.717, 1.165) is 10.9 Å². The summed E-state index contributed by atoms with van der Waals surface area (Å²) in [6, 6.07) is 14.2. The van der Waals surface area contributed by atoms with E-state index in [1.165, 1.54) is 0 Å². The lowest BCUT2D eigenvalue weighted by Crippen LogP contribution is -2.14. The molecule has 0 aliphatic heterocycles. The molecule has 0 aliphatic carbocycles. The van der Waals surface area contributed by atoms with E-state index in [0.29, 0.717) is 22.0 Å². The van der Waals surface area contributed by atoms with E-state index in [-0.39, 0.29) is 5.91 Å². The second-order valence-corrected chi connectivity index (χ2v) is 4.94. The van der Waals surface area contributed by atoms with Gasteiger partial charge in [-0.15, -0.1) is 0 Å². The van der Waals surface area contributed by atoms with E-state index in [2.05, 4.69) is 10.3 Å². The van der Waals surface area contributed by atoms with E-state index in [1.807, 2.05) is 24.3 Å². The molecule has 0 fully saturated rings. The van der Waals surface area contributed by atoms with Crippen LogP contribution in [0.2, 0.25) is 5.02 Å². The number of halogens is 1. The van der Waals surface area contributed by atoms with E-state index in [9.17, 15) is 4.79 Å². The Kier molecular flexibility index (Phi) is 3.46. The summed E-state index contributed by atoms with van der Waals surface area (Å²) in [6.07, 6.45) is 1.60. The molecule has 3 rings (SSSR count). The van der Waals surface area contributed by atoms with Gasteiger partial charge in [0.05, 0.1) is 27.5 Å². The van der Waals surface area contributed by atoms with Gasteiger partial charge in [0.2, 0.25) is 0 Å². The summed E-state index contributed by atoms with van der Waals surface area (Å²) in [5.74, 6) is -0.270.